The second kappa shape index (κ2) is 7.13. The Morgan fingerprint density at radius 2 is 2.00 bits per heavy atom. The molecule has 3 aliphatic rings. The molecular formula is C23H26N4O3. The number of carbonyl (C=O) groups excluding carboxylic acids is 1. The molecule has 3 saturated heterocycles. The fourth-order valence-electron chi connectivity index (χ4n) is 4.97. The van der Waals surface area contributed by atoms with Crippen molar-refractivity contribution in [2.45, 2.75) is 50.8 Å². The number of hydrogen-bond donors (Lipinski definition) is 0. The number of hydrogen-bond acceptors (Lipinski definition) is 6. The summed E-state index contributed by atoms with van der Waals surface area (Å²) in [5.41, 5.74) is 2.21. The van der Waals surface area contributed by atoms with Gasteiger partial charge in [0, 0.05) is 37.0 Å². The van der Waals surface area contributed by atoms with Crippen LogP contribution in [0.3, 0.4) is 0 Å². The van der Waals surface area contributed by atoms with E-state index in [1.54, 1.807) is 0 Å². The Kier molecular flexibility index (Phi) is 4.55. The fourth-order valence-corrected chi connectivity index (χ4v) is 4.97. The number of rotatable bonds is 3. The van der Waals surface area contributed by atoms with Crippen molar-refractivity contribution in [3.05, 3.63) is 35.4 Å². The summed E-state index contributed by atoms with van der Waals surface area (Å²) in [7, 11) is 0. The summed E-state index contributed by atoms with van der Waals surface area (Å²) in [6, 6.07) is 10.7. The van der Waals surface area contributed by atoms with Crippen LogP contribution in [0.15, 0.2) is 24.3 Å². The van der Waals surface area contributed by atoms with Gasteiger partial charge in [-0.1, -0.05) is 6.07 Å². The number of anilines is 1. The van der Waals surface area contributed by atoms with Crippen molar-refractivity contribution >= 4 is 22.8 Å². The molecule has 7 nitrogen and oxygen atoms in total. The van der Waals surface area contributed by atoms with Gasteiger partial charge in [-0.3, -0.25) is 4.90 Å². The average molecular weight is 406 g/mol. The zero-order valence-corrected chi connectivity index (χ0v) is 17.4. The second-order valence-electron chi connectivity index (χ2n) is 8.88. The number of nitriles is 1. The van der Waals surface area contributed by atoms with Gasteiger partial charge in [0.2, 0.25) is 0 Å². The van der Waals surface area contributed by atoms with Gasteiger partial charge >= 0.3 is 6.09 Å². The molecule has 156 valence electrons. The standard InChI is InChI=1S/C23H26N4O3/c1-23(2)27(22(28)30-23)18-5-8-26(9-6-18)21-12-17(13-24)19-11-15(3-4-20(19)25-21)16-7-10-29-14-16/h3-4,11-12,16,18H,5-10,14H2,1-2H3. The van der Waals surface area contributed by atoms with Crippen LogP contribution in [0.2, 0.25) is 0 Å². The minimum Gasteiger partial charge on any atom is -0.423 e. The molecule has 3 aliphatic heterocycles. The summed E-state index contributed by atoms with van der Waals surface area (Å²) < 4.78 is 10.8. The van der Waals surface area contributed by atoms with E-state index in [1.165, 1.54) is 5.56 Å². The first-order valence-corrected chi connectivity index (χ1v) is 10.7. The molecule has 1 atom stereocenters. The molecule has 0 N–H and O–H groups in total. The lowest BCUT2D eigenvalue weighted by Crippen LogP contribution is -2.66. The molecule has 1 aromatic heterocycles. The predicted molar refractivity (Wildman–Crippen MR) is 112 cm³/mol. The number of ether oxygens (including phenoxy) is 2. The molecule has 1 amide bonds. The normalized spacial score (nSPS) is 23.9. The summed E-state index contributed by atoms with van der Waals surface area (Å²) in [6.45, 7) is 6.99. The van der Waals surface area contributed by atoms with Crippen LogP contribution < -0.4 is 4.90 Å². The van der Waals surface area contributed by atoms with E-state index in [9.17, 15) is 10.1 Å². The molecule has 0 spiro atoms. The number of piperidine rings is 1. The highest BCUT2D eigenvalue weighted by Crippen LogP contribution is 2.36. The highest BCUT2D eigenvalue weighted by Gasteiger charge is 2.50. The molecule has 1 aromatic carbocycles. The van der Waals surface area contributed by atoms with Crippen molar-refractivity contribution in [3.8, 4) is 6.07 Å². The van der Waals surface area contributed by atoms with Gasteiger partial charge in [-0.15, -0.1) is 0 Å². The lowest BCUT2D eigenvalue weighted by molar-refractivity contribution is -0.181. The van der Waals surface area contributed by atoms with E-state index in [1.807, 2.05) is 30.9 Å². The van der Waals surface area contributed by atoms with Crippen LogP contribution in [0.25, 0.3) is 10.9 Å². The third-order valence-corrected chi connectivity index (χ3v) is 6.61. The van der Waals surface area contributed by atoms with Gasteiger partial charge in [0.15, 0.2) is 5.72 Å². The lowest BCUT2D eigenvalue weighted by Gasteiger charge is -2.52. The SMILES string of the molecule is CC1(C)OC(=O)N1C1CCN(c2cc(C#N)c3cc(C4CCOC4)ccc3n2)CC1. The monoisotopic (exact) mass is 406 g/mol. The summed E-state index contributed by atoms with van der Waals surface area (Å²) in [5, 5.41) is 10.7. The van der Waals surface area contributed by atoms with E-state index in [-0.39, 0.29) is 12.1 Å². The Bertz CT molecular complexity index is 1030. The van der Waals surface area contributed by atoms with Crippen LogP contribution in [0.5, 0.6) is 0 Å². The maximum Gasteiger partial charge on any atom is 0.415 e. The number of aromatic nitrogens is 1. The number of fused-ring (bicyclic) bond motifs is 1. The summed E-state index contributed by atoms with van der Waals surface area (Å²) in [5.74, 6) is 1.23. The molecule has 30 heavy (non-hydrogen) atoms. The Morgan fingerprint density at radius 1 is 1.20 bits per heavy atom. The molecule has 3 fully saturated rings. The second-order valence-corrected chi connectivity index (χ2v) is 8.88. The van der Waals surface area contributed by atoms with E-state index in [0.717, 1.165) is 62.3 Å². The van der Waals surface area contributed by atoms with Crippen molar-refractivity contribution < 1.29 is 14.3 Å². The molecule has 7 heteroatoms. The molecule has 0 radical (unpaired) electrons. The van der Waals surface area contributed by atoms with E-state index >= 15 is 0 Å². The number of carbonyl (C=O) groups is 1. The van der Waals surface area contributed by atoms with E-state index < -0.39 is 5.72 Å². The maximum absolute atomic E-state index is 11.9. The number of benzene rings is 1. The Morgan fingerprint density at radius 3 is 2.63 bits per heavy atom. The zero-order chi connectivity index (χ0) is 20.9. The summed E-state index contributed by atoms with van der Waals surface area (Å²) in [4.78, 5) is 20.8. The topological polar surface area (TPSA) is 78.7 Å². The first kappa shape index (κ1) is 19.1. The molecule has 0 aliphatic carbocycles. The number of cyclic esters (lactones) is 1. The minimum atomic E-state index is -0.513. The van der Waals surface area contributed by atoms with E-state index in [4.69, 9.17) is 14.5 Å². The molecule has 0 bridgehead atoms. The van der Waals surface area contributed by atoms with Crippen LogP contribution >= 0.6 is 0 Å². The predicted octanol–water partition coefficient (Wildman–Crippen LogP) is 3.77. The lowest BCUT2D eigenvalue weighted by atomic mass is 9.95. The highest BCUT2D eigenvalue weighted by atomic mass is 16.6. The van der Waals surface area contributed by atoms with Gasteiger partial charge < -0.3 is 14.4 Å². The number of amides is 1. The molecule has 5 rings (SSSR count). The first-order valence-electron chi connectivity index (χ1n) is 10.7. The van der Waals surface area contributed by atoms with Crippen LogP contribution in [0, 0.1) is 11.3 Å². The highest BCUT2D eigenvalue weighted by molar-refractivity contribution is 5.87. The van der Waals surface area contributed by atoms with Crippen LogP contribution in [-0.4, -0.2) is 54.0 Å². The maximum atomic E-state index is 11.9. The van der Waals surface area contributed by atoms with Gasteiger partial charge in [-0.05, 0) is 56.9 Å². The molecule has 4 heterocycles. The van der Waals surface area contributed by atoms with E-state index in [2.05, 4.69) is 23.1 Å². The minimum absolute atomic E-state index is 0.185. The number of nitrogens with zero attached hydrogens (tertiary/aromatic N) is 4. The zero-order valence-electron chi connectivity index (χ0n) is 17.4. The van der Waals surface area contributed by atoms with Gasteiger partial charge in [0.05, 0.1) is 23.8 Å². The Balaban J connectivity index is 1.37. The van der Waals surface area contributed by atoms with Crippen molar-refractivity contribution in [2.24, 2.45) is 0 Å². The largest absolute Gasteiger partial charge is 0.423 e. The van der Waals surface area contributed by atoms with Crippen molar-refractivity contribution in [1.29, 1.82) is 5.26 Å². The quantitative estimate of drug-likeness (QED) is 0.772. The summed E-state index contributed by atoms with van der Waals surface area (Å²) >= 11 is 0. The fraction of sp³-hybridized carbons (Fsp3) is 0.522. The average Bonchev–Trinajstić information content (AvgIpc) is 3.27. The third kappa shape index (κ3) is 3.16. The van der Waals surface area contributed by atoms with E-state index in [0.29, 0.717) is 11.5 Å². The van der Waals surface area contributed by atoms with Crippen LogP contribution in [0.1, 0.15) is 50.2 Å². The van der Waals surface area contributed by atoms with Crippen LogP contribution in [0.4, 0.5) is 10.6 Å². The molecule has 0 saturated carbocycles. The van der Waals surface area contributed by atoms with Crippen molar-refractivity contribution in [3.63, 3.8) is 0 Å². The first-order chi connectivity index (χ1) is 14.5. The number of pyridine rings is 1. The molecule has 1 unspecified atom stereocenters. The Hall–Kier alpha value is -2.85. The molecule has 2 aromatic rings. The van der Waals surface area contributed by atoms with Gasteiger partial charge in [-0.25, -0.2) is 9.78 Å². The summed E-state index contributed by atoms with van der Waals surface area (Å²) in [6.07, 6.45) is 2.52. The van der Waals surface area contributed by atoms with Crippen molar-refractivity contribution in [1.82, 2.24) is 9.88 Å². The van der Waals surface area contributed by atoms with Crippen molar-refractivity contribution in [2.75, 3.05) is 31.2 Å². The molecular weight excluding hydrogens is 380 g/mol. The smallest absolute Gasteiger partial charge is 0.415 e. The van der Waals surface area contributed by atoms with Gasteiger partial charge in [-0.2, -0.15) is 5.26 Å². The van der Waals surface area contributed by atoms with Gasteiger partial charge in [0.1, 0.15) is 5.82 Å². The van der Waals surface area contributed by atoms with Crippen LogP contribution in [-0.2, 0) is 9.47 Å². The Labute approximate surface area is 176 Å². The third-order valence-electron chi connectivity index (χ3n) is 6.61. The van der Waals surface area contributed by atoms with Gasteiger partial charge in [0.25, 0.3) is 0 Å².